The Morgan fingerprint density at radius 3 is 2.50 bits per heavy atom. The summed E-state index contributed by atoms with van der Waals surface area (Å²) in [6.45, 7) is 0. The lowest BCUT2D eigenvalue weighted by Gasteiger charge is -2.05. The number of phenolic OH excluding ortho intramolecular Hbond substituents is 2. The van der Waals surface area contributed by atoms with Crippen LogP contribution in [0.3, 0.4) is 0 Å². The van der Waals surface area contributed by atoms with Crippen LogP contribution in [0, 0.1) is 0 Å². The molecule has 0 aliphatic heterocycles. The van der Waals surface area contributed by atoms with Crippen LogP contribution < -0.4 is 4.72 Å². The predicted octanol–water partition coefficient (Wildman–Crippen LogP) is 3.68. The number of aromatic hydroxyl groups is 2. The first-order valence-electron chi connectivity index (χ1n) is 6.61. The first-order chi connectivity index (χ1) is 11.3. The first kappa shape index (κ1) is 16.6. The van der Waals surface area contributed by atoms with Gasteiger partial charge in [0, 0.05) is 16.0 Å². The molecule has 0 saturated carbocycles. The Morgan fingerprint density at radius 1 is 1.08 bits per heavy atom. The van der Waals surface area contributed by atoms with Gasteiger partial charge in [0.2, 0.25) is 0 Å². The summed E-state index contributed by atoms with van der Waals surface area (Å²) in [5, 5.41) is 21.5. The number of aromatic nitrogens is 1. The lowest BCUT2D eigenvalue weighted by atomic mass is 10.1. The molecular weight excluding hydrogens is 372 g/mol. The number of halogens is 1. The van der Waals surface area contributed by atoms with Gasteiger partial charge in [-0.1, -0.05) is 11.6 Å². The van der Waals surface area contributed by atoms with Gasteiger partial charge >= 0.3 is 0 Å². The van der Waals surface area contributed by atoms with Crippen molar-refractivity contribution in [3.63, 3.8) is 0 Å². The van der Waals surface area contributed by atoms with Gasteiger partial charge in [-0.15, -0.1) is 11.3 Å². The van der Waals surface area contributed by atoms with E-state index in [2.05, 4.69) is 9.71 Å². The molecule has 0 unspecified atom stereocenters. The Balaban J connectivity index is 1.88. The molecule has 3 rings (SSSR count). The summed E-state index contributed by atoms with van der Waals surface area (Å²) in [4.78, 5) is 4.20. The largest absolute Gasteiger partial charge is 0.508 e. The molecule has 0 spiro atoms. The standard InChI is InChI=1S/C15H11ClN2O4S2/c16-9-1-4-11(5-2-9)24(21,22)18-15-17-13(8-23-15)12-7-10(19)3-6-14(12)20/h1-8,19-20H,(H,17,18). The van der Waals surface area contributed by atoms with E-state index in [0.717, 1.165) is 11.3 Å². The quantitative estimate of drug-likeness (QED) is 0.598. The molecule has 0 aliphatic carbocycles. The summed E-state index contributed by atoms with van der Waals surface area (Å²) in [5.74, 6) is -0.0932. The fourth-order valence-corrected chi connectivity index (χ4v) is 4.05. The fraction of sp³-hybridized carbons (Fsp3) is 0. The molecule has 0 radical (unpaired) electrons. The van der Waals surface area contributed by atoms with Crippen LogP contribution in [0.5, 0.6) is 11.5 Å². The minimum Gasteiger partial charge on any atom is -0.508 e. The fourth-order valence-electron chi connectivity index (χ4n) is 1.96. The van der Waals surface area contributed by atoms with Gasteiger partial charge in [0.15, 0.2) is 5.13 Å². The van der Waals surface area contributed by atoms with Crippen LogP contribution in [-0.4, -0.2) is 23.6 Å². The van der Waals surface area contributed by atoms with E-state index in [-0.39, 0.29) is 21.5 Å². The molecule has 0 amide bonds. The van der Waals surface area contributed by atoms with Crippen molar-refractivity contribution in [1.82, 2.24) is 4.98 Å². The van der Waals surface area contributed by atoms with Crippen molar-refractivity contribution in [1.29, 1.82) is 0 Å². The average Bonchev–Trinajstić information content (AvgIpc) is 2.97. The second-order valence-corrected chi connectivity index (χ2v) is 7.78. The van der Waals surface area contributed by atoms with Gasteiger partial charge in [-0.2, -0.15) is 0 Å². The number of anilines is 1. The highest BCUT2D eigenvalue weighted by Gasteiger charge is 2.17. The van der Waals surface area contributed by atoms with Gasteiger partial charge in [-0.05, 0) is 42.5 Å². The first-order valence-corrected chi connectivity index (χ1v) is 9.35. The molecule has 0 aliphatic rings. The Morgan fingerprint density at radius 2 is 1.79 bits per heavy atom. The molecule has 6 nitrogen and oxygen atoms in total. The van der Waals surface area contributed by atoms with Crippen LogP contribution in [0.2, 0.25) is 5.02 Å². The SMILES string of the molecule is O=S(=O)(Nc1nc(-c2cc(O)ccc2O)cs1)c1ccc(Cl)cc1. The zero-order valence-corrected chi connectivity index (χ0v) is 14.4. The number of hydrogen-bond acceptors (Lipinski definition) is 6. The number of thiazole rings is 1. The van der Waals surface area contributed by atoms with Crippen molar-refractivity contribution < 1.29 is 18.6 Å². The second kappa shape index (κ2) is 6.31. The van der Waals surface area contributed by atoms with Crippen LogP contribution in [0.1, 0.15) is 0 Å². The summed E-state index contributed by atoms with van der Waals surface area (Å²) < 4.78 is 27.0. The number of nitrogens with zero attached hydrogens (tertiary/aromatic N) is 1. The lowest BCUT2D eigenvalue weighted by Crippen LogP contribution is -2.12. The molecule has 9 heteroatoms. The van der Waals surface area contributed by atoms with E-state index in [1.54, 1.807) is 5.38 Å². The number of sulfonamides is 1. The maximum atomic E-state index is 12.3. The third-order valence-corrected chi connectivity index (χ3v) is 5.60. The minimum absolute atomic E-state index is 0.0286. The summed E-state index contributed by atoms with van der Waals surface area (Å²) in [6, 6.07) is 9.77. The Kier molecular flexibility index (Phi) is 4.35. The van der Waals surface area contributed by atoms with Crippen LogP contribution >= 0.6 is 22.9 Å². The minimum atomic E-state index is -3.79. The maximum Gasteiger partial charge on any atom is 0.263 e. The summed E-state index contributed by atoms with van der Waals surface area (Å²) in [7, 11) is -3.79. The third kappa shape index (κ3) is 3.45. The number of phenols is 2. The predicted molar refractivity (Wildman–Crippen MR) is 93.1 cm³/mol. The van der Waals surface area contributed by atoms with Crippen LogP contribution in [0.25, 0.3) is 11.3 Å². The molecule has 124 valence electrons. The van der Waals surface area contributed by atoms with E-state index in [1.165, 1.54) is 42.5 Å². The molecule has 0 atom stereocenters. The average molecular weight is 383 g/mol. The van der Waals surface area contributed by atoms with E-state index in [0.29, 0.717) is 16.3 Å². The molecule has 2 aromatic carbocycles. The smallest absolute Gasteiger partial charge is 0.263 e. The summed E-state index contributed by atoms with van der Waals surface area (Å²) in [5.41, 5.74) is 0.658. The molecule has 24 heavy (non-hydrogen) atoms. The topological polar surface area (TPSA) is 99.5 Å². The Hall–Kier alpha value is -2.29. The van der Waals surface area contributed by atoms with Crippen LogP contribution in [0.4, 0.5) is 5.13 Å². The second-order valence-electron chi connectivity index (χ2n) is 4.80. The van der Waals surface area contributed by atoms with Crippen LogP contribution in [0.15, 0.2) is 52.7 Å². The number of rotatable bonds is 4. The van der Waals surface area contributed by atoms with Gasteiger partial charge in [0.1, 0.15) is 11.5 Å². The lowest BCUT2D eigenvalue weighted by molar-refractivity contribution is 0.462. The summed E-state index contributed by atoms with van der Waals surface area (Å²) >= 11 is 6.81. The van der Waals surface area contributed by atoms with Crippen molar-refractivity contribution in [2.45, 2.75) is 4.90 Å². The van der Waals surface area contributed by atoms with Crippen molar-refractivity contribution in [2.75, 3.05) is 4.72 Å². The highest BCUT2D eigenvalue weighted by molar-refractivity contribution is 7.93. The molecule has 3 aromatic rings. The van der Waals surface area contributed by atoms with E-state index >= 15 is 0 Å². The molecule has 0 fully saturated rings. The van der Waals surface area contributed by atoms with Crippen molar-refractivity contribution in [2.24, 2.45) is 0 Å². The van der Waals surface area contributed by atoms with Gasteiger partial charge < -0.3 is 10.2 Å². The molecular formula is C15H11ClN2O4S2. The van der Waals surface area contributed by atoms with Crippen molar-refractivity contribution in [3.05, 3.63) is 52.9 Å². The van der Waals surface area contributed by atoms with E-state index in [4.69, 9.17) is 11.6 Å². The molecule has 3 N–H and O–H groups in total. The normalized spacial score (nSPS) is 11.4. The zero-order valence-electron chi connectivity index (χ0n) is 12.0. The highest BCUT2D eigenvalue weighted by Crippen LogP contribution is 2.34. The van der Waals surface area contributed by atoms with Gasteiger partial charge in [0.25, 0.3) is 10.0 Å². The number of nitrogens with one attached hydrogen (secondary N) is 1. The highest BCUT2D eigenvalue weighted by atomic mass is 35.5. The molecule has 1 heterocycles. The third-order valence-electron chi connectivity index (χ3n) is 3.11. The monoisotopic (exact) mass is 382 g/mol. The number of hydrogen-bond donors (Lipinski definition) is 3. The van der Waals surface area contributed by atoms with E-state index < -0.39 is 10.0 Å². The van der Waals surface area contributed by atoms with E-state index in [1.807, 2.05) is 0 Å². The molecule has 0 saturated heterocycles. The number of benzene rings is 2. The van der Waals surface area contributed by atoms with E-state index in [9.17, 15) is 18.6 Å². The van der Waals surface area contributed by atoms with Gasteiger partial charge in [-0.25, -0.2) is 13.4 Å². The zero-order chi connectivity index (χ0) is 17.3. The van der Waals surface area contributed by atoms with Crippen LogP contribution in [-0.2, 0) is 10.0 Å². The van der Waals surface area contributed by atoms with Crippen molar-refractivity contribution in [3.8, 4) is 22.8 Å². The Labute approximate surface area is 147 Å². The van der Waals surface area contributed by atoms with Crippen molar-refractivity contribution >= 4 is 38.1 Å². The van der Waals surface area contributed by atoms with Gasteiger partial charge in [-0.3, -0.25) is 4.72 Å². The molecule has 1 aromatic heterocycles. The molecule has 0 bridgehead atoms. The van der Waals surface area contributed by atoms with Gasteiger partial charge in [0.05, 0.1) is 10.6 Å². The summed E-state index contributed by atoms with van der Waals surface area (Å²) in [6.07, 6.45) is 0. The Bertz CT molecular complexity index is 985. The maximum absolute atomic E-state index is 12.3.